The van der Waals surface area contributed by atoms with Crippen molar-refractivity contribution in [3.8, 4) is 16.9 Å². The summed E-state index contributed by atoms with van der Waals surface area (Å²) in [7, 11) is 0. The molecule has 0 aliphatic rings. The molecule has 0 bridgehead atoms. The number of phenolic OH excluding ortho intramolecular Hbond substituents is 1. The molecule has 0 unspecified atom stereocenters. The van der Waals surface area contributed by atoms with Crippen LogP contribution < -0.4 is 0 Å². The van der Waals surface area contributed by atoms with E-state index in [2.05, 4.69) is 11.2 Å². The Labute approximate surface area is 98.9 Å². The lowest BCUT2D eigenvalue weighted by molar-refractivity contribution is 0.0527. The van der Waals surface area contributed by atoms with Gasteiger partial charge in [0.05, 0.1) is 18.4 Å². The molecule has 4 heteroatoms. The Balaban J connectivity index is 2.36. The number of phenols is 1. The van der Waals surface area contributed by atoms with Crippen molar-refractivity contribution in [2.75, 3.05) is 6.61 Å². The molecule has 0 aliphatic carbocycles. The van der Waals surface area contributed by atoms with Crippen LogP contribution in [0.5, 0.6) is 5.75 Å². The van der Waals surface area contributed by atoms with Gasteiger partial charge in [0.25, 0.3) is 0 Å². The zero-order valence-electron chi connectivity index (χ0n) is 9.36. The van der Waals surface area contributed by atoms with E-state index in [0.29, 0.717) is 17.7 Å². The molecule has 17 heavy (non-hydrogen) atoms. The molecule has 0 amide bonds. The van der Waals surface area contributed by atoms with Gasteiger partial charge in [0.1, 0.15) is 5.75 Å². The normalized spacial score (nSPS) is 10.2. The van der Waals surface area contributed by atoms with Crippen molar-refractivity contribution in [3.05, 3.63) is 42.2 Å². The maximum absolute atomic E-state index is 11.7. The van der Waals surface area contributed by atoms with E-state index in [4.69, 9.17) is 4.74 Å². The lowest BCUT2D eigenvalue weighted by Crippen LogP contribution is -2.04. The molecule has 4 nitrogen and oxygen atoms in total. The SMILES string of the molecule is CCOC(=O)c1c[nH][c]c1-c1ccc(O)cc1. The van der Waals surface area contributed by atoms with E-state index in [9.17, 15) is 9.90 Å². The third-order valence-electron chi connectivity index (χ3n) is 2.33. The Morgan fingerprint density at radius 1 is 1.41 bits per heavy atom. The molecule has 1 radical (unpaired) electrons. The number of rotatable bonds is 3. The average Bonchev–Trinajstić information content (AvgIpc) is 2.79. The molecule has 2 N–H and O–H groups in total. The van der Waals surface area contributed by atoms with E-state index in [1.165, 1.54) is 0 Å². The number of benzene rings is 1. The fourth-order valence-electron chi connectivity index (χ4n) is 1.55. The highest BCUT2D eigenvalue weighted by molar-refractivity contribution is 5.97. The van der Waals surface area contributed by atoms with Gasteiger partial charge >= 0.3 is 5.97 Å². The molecule has 0 saturated carbocycles. The molecule has 0 atom stereocenters. The van der Waals surface area contributed by atoms with E-state index in [0.717, 1.165) is 5.56 Å². The number of carbonyl (C=O) groups is 1. The average molecular weight is 230 g/mol. The van der Waals surface area contributed by atoms with Gasteiger partial charge in [-0.2, -0.15) is 0 Å². The summed E-state index contributed by atoms with van der Waals surface area (Å²) in [5.74, 6) is -0.199. The molecular weight excluding hydrogens is 218 g/mol. The zero-order chi connectivity index (χ0) is 12.3. The second-order valence-corrected chi connectivity index (χ2v) is 3.47. The maximum atomic E-state index is 11.7. The van der Waals surface area contributed by atoms with Crippen LogP contribution in [0.1, 0.15) is 17.3 Å². The van der Waals surface area contributed by atoms with E-state index in [1.54, 1.807) is 37.4 Å². The smallest absolute Gasteiger partial charge is 0.340 e. The monoisotopic (exact) mass is 230 g/mol. The van der Waals surface area contributed by atoms with E-state index >= 15 is 0 Å². The van der Waals surface area contributed by atoms with E-state index in [-0.39, 0.29) is 11.7 Å². The van der Waals surface area contributed by atoms with Crippen LogP contribution in [0.15, 0.2) is 30.5 Å². The number of hydrogen-bond donors (Lipinski definition) is 2. The van der Waals surface area contributed by atoms with Crippen molar-refractivity contribution < 1.29 is 14.6 Å². The van der Waals surface area contributed by atoms with Crippen molar-refractivity contribution in [1.82, 2.24) is 4.98 Å². The van der Waals surface area contributed by atoms with Gasteiger partial charge in [0.2, 0.25) is 0 Å². The summed E-state index contributed by atoms with van der Waals surface area (Å²) in [6, 6.07) is 6.56. The van der Waals surface area contributed by atoms with Crippen LogP contribution in [0.2, 0.25) is 0 Å². The molecule has 0 aliphatic heterocycles. The zero-order valence-corrected chi connectivity index (χ0v) is 9.36. The minimum atomic E-state index is -0.381. The lowest BCUT2D eigenvalue weighted by atomic mass is 10.0. The number of aromatic nitrogens is 1. The first-order valence-electron chi connectivity index (χ1n) is 5.28. The summed E-state index contributed by atoms with van der Waals surface area (Å²) in [6.45, 7) is 2.09. The fraction of sp³-hybridized carbons (Fsp3) is 0.154. The Bertz CT molecular complexity index is 514. The molecule has 2 aromatic rings. The molecule has 87 valence electrons. The summed E-state index contributed by atoms with van der Waals surface area (Å²) < 4.78 is 4.94. The number of aromatic hydroxyl groups is 1. The molecular formula is C13H12NO3. The van der Waals surface area contributed by atoms with Crippen molar-refractivity contribution in [2.24, 2.45) is 0 Å². The first kappa shape index (κ1) is 11.3. The number of hydrogen-bond acceptors (Lipinski definition) is 3. The van der Waals surface area contributed by atoms with Gasteiger partial charge in [-0.1, -0.05) is 12.1 Å². The highest BCUT2D eigenvalue weighted by Gasteiger charge is 2.15. The minimum Gasteiger partial charge on any atom is -0.508 e. The largest absolute Gasteiger partial charge is 0.508 e. The summed E-state index contributed by atoms with van der Waals surface area (Å²) >= 11 is 0. The van der Waals surface area contributed by atoms with Gasteiger partial charge < -0.3 is 14.8 Å². The number of esters is 1. The summed E-state index contributed by atoms with van der Waals surface area (Å²) in [5, 5.41) is 9.21. The summed E-state index contributed by atoms with van der Waals surface area (Å²) in [5.41, 5.74) is 1.88. The molecule has 0 spiro atoms. The van der Waals surface area contributed by atoms with Gasteiger partial charge in [-0.3, -0.25) is 0 Å². The predicted octanol–water partition coefficient (Wildman–Crippen LogP) is 2.36. The van der Waals surface area contributed by atoms with Crippen LogP contribution in [-0.4, -0.2) is 22.7 Å². The van der Waals surface area contributed by atoms with Crippen molar-refractivity contribution >= 4 is 5.97 Å². The molecule has 0 saturated heterocycles. The second kappa shape index (κ2) is 4.74. The van der Waals surface area contributed by atoms with Gasteiger partial charge in [-0.25, -0.2) is 4.79 Å². The fourth-order valence-corrected chi connectivity index (χ4v) is 1.55. The minimum absolute atomic E-state index is 0.182. The third kappa shape index (κ3) is 2.30. The molecule has 1 aromatic heterocycles. The molecule has 0 fully saturated rings. The van der Waals surface area contributed by atoms with Crippen LogP contribution in [0.25, 0.3) is 11.1 Å². The molecule has 1 aromatic carbocycles. The van der Waals surface area contributed by atoms with Crippen molar-refractivity contribution in [1.29, 1.82) is 0 Å². The predicted molar refractivity (Wildman–Crippen MR) is 62.7 cm³/mol. The van der Waals surface area contributed by atoms with Crippen LogP contribution in [0, 0.1) is 6.20 Å². The highest BCUT2D eigenvalue weighted by atomic mass is 16.5. The van der Waals surface area contributed by atoms with Crippen LogP contribution in [-0.2, 0) is 4.74 Å². The number of ether oxygens (including phenoxy) is 1. The second-order valence-electron chi connectivity index (χ2n) is 3.47. The summed E-state index contributed by atoms with van der Waals surface area (Å²) in [6.07, 6.45) is 4.43. The number of carbonyl (C=O) groups excluding carboxylic acids is 1. The van der Waals surface area contributed by atoms with Gasteiger partial charge in [0, 0.05) is 11.8 Å². The van der Waals surface area contributed by atoms with Crippen LogP contribution in [0.3, 0.4) is 0 Å². The Hall–Kier alpha value is -2.23. The maximum Gasteiger partial charge on any atom is 0.340 e. The van der Waals surface area contributed by atoms with Gasteiger partial charge in [0.15, 0.2) is 0 Å². The summed E-state index contributed by atoms with van der Waals surface area (Å²) in [4.78, 5) is 14.4. The standard InChI is InChI=1S/C13H12NO3/c1-2-17-13(16)12-8-14-7-11(12)9-3-5-10(15)6-4-9/h3-6,8,14-15H,2H2,1H3. The van der Waals surface area contributed by atoms with Gasteiger partial charge in [-0.05, 0) is 24.6 Å². The van der Waals surface area contributed by atoms with Gasteiger partial charge in [-0.15, -0.1) is 0 Å². The number of H-pyrrole nitrogens is 1. The van der Waals surface area contributed by atoms with Crippen LogP contribution in [0.4, 0.5) is 0 Å². The van der Waals surface area contributed by atoms with E-state index < -0.39 is 0 Å². The third-order valence-corrected chi connectivity index (χ3v) is 2.33. The first-order valence-corrected chi connectivity index (χ1v) is 5.28. The number of nitrogens with one attached hydrogen (secondary N) is 1. The van der Waals surface area contributed by atoms with Crippen molar-refractivity contribution in [2.45, 2.75) is 6.92 Å². The molecule has 2 rings (SSSR count). The van der Waals surface area contributed by atoms with Crippen LogP contribution >= 0.6 is 0 Å². The highest BCUT2D eigenvalue weighted by Crippen LogP contribution is 2.25. The quantitative estimate of drug-likeness (QED) is 0.795. The Morgan fingerprint density at radius 3 is 2.76 bits per heavy atom. The first-order chi connectivity index (χ1) is 8.22. The number of aromatic amines is 1. The topological polar surface area (TPSA) is 62.3 Å². The molecule has 1 heterocycles. The Kier molecular flexibility index (Phi) is 3.14. The lowest BCUT2D eigenvalue weighted by Gasteiger charge is -2.03. The van der Waals surface area contributed by atoms with Crippen molar-refractivity contribution in [3.63, 3.8) is 0 Å². The Morgan fingerprint density at radius 2 is 2.12 bits per heavy atom. The van der Waals surface area contributed by atoms with E-state index in [1.807, 2.05) is 0 Å².